The third-order valence-electron chi connectivity index (χ3n) is 3.20. The van der Waals surface area contributed by atoms with E-state index in [1.807, 2.05) is 25.1 Å². The molecule has 1 unspecified atom stereocenters. The Morgan fingerprint density at radius 2 is 2.22 bits per heavy atom. The molecule has 0 fully saturated rings. The first-order valence-corrected chi connectivity index (χ1v) is 6.47. The van der Waals surface area contributed by atoms with Crippen molar-refractivity contribution in [3.05, 3.63) is 35.9 Å². The number of benzene rings is 1. The van der Waals surface area contributed by atoms with E-state index in [1.165, 1.54) is 6.42 Å². The summed E-state index contributed by atoms with van der Waals surface area (Å²) in [6.45, 7) is 1.96. The molecule has 1 aliphatic rings. The molecule has 0 aromatic heterocycles. The maximum absolute atomic E-state index is 6.04. The standard InChI is InChI=1S/C15H21NO2/c1-11(16)14-9-8-13(17-2)10-15(14)18-12-6-4-3-5-7-12/h4,6,8-12H,3,5,7,16H2,1-2H3/t11-,12?/m1/s1. The van der Waals surface area contributed by atoms with Crippen molar-refractivity contribution in [1.29, 1.82) is 0 Å². The van der Waals surface area contributed by atoms with Gasteiger partial charge in [-0.2, -0.15) is 0 Å². The molecule has 0 spiro atoms. The van der Waals surface area contributed by atoms with Gasteiger partial charge in [-0.15, -0.1) is 0 Å². The van der Waals surface area contributed by atoms with E-state index in [9.17, 15) is 0 Å². The SMILES string of the molecule is COc1ccc([C@@H](C)N)c(OC2C=CCCC2)c1. The van der Waals surface area contributed by atoms with Gasteiger partial charge < -0.3 is 15.2 Å². The van der Waals surface area contributed by atoms with Crippen LogP contribution in [0.1, 0.15) is 37.8 Å². The second-order valence-electron chi connectivity index (χ2n) is 4.71. The van der Waals surface area contributed by atoms with Gasteiger partial charge in [-0.05, 0) is 38.3 Å². The summed E-state index contributed by atoms with van der Waals surface area (Å²) < 4.78 is 11.3. The van der Waals surface area contributed by atoms with Gasteiger partial charge in [0.25, 0.3) is 0 Å². The lowest BCUT2D eigenvalue weighted by molar-refractivity contribution is 0.226. The average Bonchev–Trinajstić information content (AvgIpc) is 2.39. The molecule has 0 amide bonds. The van der Waals surface area contributed by atoms with Gasteiger partial charge in [0.2, 0.25) is 0 Å². The Balaban J connectivity index is 2.22. The van der Waals surface area contributed by atoms with Crippen LogP contribution in [0.5, 0.6) is 11.5 Å². The lowest BCUT2D eigenvalue weighted by Gasteiger charge is -2.22. The van der Waals surface area contributed by atoms with Crippen molar-refractivity contribution < 1.29 is 9.47 Å². The molecule has 0 saturated carbocycles. The number of methoxy groups -OCH3 is 1. The topological polar surface area (TPSA) is 44.5 Å². The molecular weight excluding hydrogens is 226 g/mol. The summed E-state index contributed by atoms with van der Waals surface area (Å²) in [7, 11) is 1.66. The largest absolute Gasteiger partial charge is 0.497 e. The lowest BCUT2D eigenvalue weighted by Crippen LogP contribution is -2.18. The van der Waals surface area contributed by atoms with Gasteiger partial charge >= 0.3 is 0 Å². The van der Waals surface area contributed by atoms with E-state index >= 15 is 0 Å². The fourth-order valence-corrected chi connectivity index (χ4v) is 2.16. The van der Waals surface area contributed by atoms with E-state index in [-0.39, 0.29) is 12.1 Å². The van der Waals surface area contributed by atoms with Crippen LogP contribution in [0.2, 0.25) is 0 Å². The minimum atomic E-state index is -0.0431. The lowest BCUT2D eigenvalue weighted by atomic mass is 10.0. The Morgan fingerprint density at radius 3 is 2.83 bits per heavy atom. The quantitative estimate of drug-likeness (QED) is 0.831. The molecule has 1 aliphatic carbocycles. The molecule has 18 heavy (non-hydrogen) atoms. The fraction of sp³-hybridized carbons (Fsp3) is 0.467. The number of allylic oxidation sites excluding steroid dienone is 1. The summed E-state index contributed by atoms with van der Waals surface area (Å²) in [6, 6.07) is 5.77. The van der Waals surface area contributed by atoms with Crippen molar-refractivity contribution >= 4 is 0 Å². The first-order valence-electron chi connectivity index (χ1n) is 6.47. The van der Waals surface area contributed by atoms with E-state index < -0.39 is 0 Å². The minimum Gasteiger partial charge on any atom is -0.497 e. The summed E-state index contributed by atoms with van der Waals surface area (Å²) in [5.41, 5.74) is 7.00. The van der Waals surface area contributed by atoms with E-state index in [0.29, 0.717) is 0 Å². The number of hydrogen-bond donors (Lipinski definition) is 1. The van der Waals surface area contributed by atoms with Crippen LogP contribution < -0.4 is 15.2 Å². The van der Waals surface area contributed by atoms with Gasteiger partial charge in [-0.25, -0.2) is 0 Å². The summed E-state index contributed by atoms with van der Waals surface area (Å²) in [5, 5.41) is 0. The first-order chi connectivity index (χ1) is 8.70. The van der Waals surface area contributed by atoms with Crippen LogP contribution in [0.25, 0.3) is 0 Å². The van der Waals surface area contributed by atoms with E-state index in [2.05, 4.69) is 12.2 Å². The molecule has 0 heterocycles. The monoisotopic (exact) mass is 247 g/mol. The predicted molar refractivity (Wildman–Crippen MR) is 73.0 cm³/mol. The van der Waals surface area contributed by atoms with Gasteiger partial charge in [-0.3, -0.25) is 0 Å². The second-order valence-corrected chi connectivity index (χ2v) is 4.71. The van der Waals surface area contributed by atoms with Crippen LogP contribution >= 0.6 is 0 Å². The molecule has 2 rings (SSSR count). The highest BCUT2D eigenvalue weighted by Gasteiger charge is 2.15. The van der Waals surface area contributed by atoms with Crippen LogP contribution in [-0.4, -0.2) is 13.2 Å². The van der Waals surface area contributed by atoms with Crippen LogP contribution in [0.15, 0.2) is 30.4 Å². The molecule has 1 aromatic carbocycles. The third kappa shape index (κ3) is 3.05. The summed E-state index contributed by atoms with van der Waals surface area (Å²) in [6.07, 6.45) is 7.86. The molecule has 0 aliphatic heterocycles. The van der Waals surface area contributed by atoms with Crippen LogP contribution in [0.3, 0.4) is 0 Å². The third-order valence-corrected chi connectivity index (χ3v) is 3.20. The van der Waals surface area contributed by atoms with E-state index in [4.69, 9.17) is 15.2 Å². The highest BCUT2D eigenvalue weighted by molar-refractivity contribution is 5.42. The molecule has 1 aromatic rings. The summed E-state index contributed by atoms with van der Waals surface area (Å²) in [4.78, 5) is 0. The number of nitrogens with two attached hydrogens (primary N) is 1. The van der Waals surface area contributed by atoms with Gasteiger partial charge in [0.1, 0.15) is 17.6 Å². The zero-order chi connectivity index (χ0) is 13.0. The normalized spacial score (nSPS) is 20.5. The van der Waals surface area contributed by atoms with Crippen molar-refractivity contribution in [3.63, 3.8) is 0 Å². The second kappa shape index (κ2) is 5.91. The maximum Gasteiger partial charge on any atom is 0.128 e. The van der Waals surface area contributed by atoms with Crippen LogP contribution in [0.4, 0.5) is 0 Å². The Hall–Kier alpha value is -1.48. The smallest absolute Gasteiger partial charge is 0.128 e. The Kier molecular flexibility index (Phi) is 4.26. The van der Waals surface area contributed by atoms with Crippen LogP contribution in [-0.2, 0) is 0 Å². The summed E-state index contributed by atoms with van der Waals surface area (Å²) in [5.74, 6) is 1.63. The maximum atomic E-state index is 6.04. The van der Waals surface area contributed by atoms with E-state index in [1.54, 1.807) is 7.11 Å². The fourth-order valence-electron chi connectivity index (χ4n) is 2.16. The van der Waals surface area contributed by atoms with Crippen LogP contribution in [0, 0.1) is 0 Å². The molecule has 0 radical (unpaired) electrons. The molecule has 98 valence electrons. The van der Waals surface area contributed by atoms with Crippen molar-refractivity contribution in [3.8, 4) is 11.5 Å². The minimum absolute atomic E-state index is 0.0431. The Labute approximate surface area is 109 Å². The van der Waals surface area contributed by atoms with Gasteiger partial charge in [0.05, 0.1) is 7.11 Å². The molecular formula is C15H21NO2. The van der Waals surface area contributed by atoms with Crippen molar-refractivity contribution in [2.24, 2.45) is 5.73 Å². The Morgan fingerprint density at radius 1 is 1.39 bits per heavy atom. The van der Waals surface area contributed by atoms with Gasteiger partial charge in [0, 0.05) is 17.7 Å². The van der Waals surface area contributed by atoms with Gasteiger partial charge in [0.15, 0.2) is 0 Å². The van der Waals surface area contributed by atoms with Crippen molar-refractivity contribution in [2.45, 2.75) is 38.3 Å². The molecule has 3 nitrogen and oxygen atoms in total. The van der Waals surface area contributed by atoms with E-state index in [0.717, 1.165) is 29.9 Å². The Bertz CT molecular complexity index is 427. The number of hydrogen-bond acceptors (Lipinski definition) is 3. The predicted octanol–water partition coefficient (Wildman–Crippen LogP) is 3.20. The molecule has 0 saturated heterocycles. The molecule has 2 N–H and O–H groups in total. The zero-order valence-electron chi connectivity index (χ0n) is 11.1. The van der Waals surface area contributed by atoms with Crippen molar-refractivity contribution in [2.75, 3.05) is 7.11 Å². The molecule has 0 bridgehead atoms. The van der Waals surface area contributed by atoms with Crippen molar-refractivity contribution in [1.82, 2.24) is 0 Å². The molecule has 2 atom stereocenters. The zero-order valence-corrected chi connectivity index (χ0v) is 11.1. The number of ether oxygens (including phenoxy) is 2. The summed E-state index contributed by atoms with van der Waals surface area (Å²) >= 11 is 0. The average molecular weight is 247 g/mol. The first kappa shape index (κ1) is 13.0. The molecule has 3 heteroatoms. The highest BCUT2D eigenvalue weighted by atomic mass is 16.5. The van der Waals surface area contributed by atoms with Gasteiger partial charge in [-0.1, -0.05) is 12.1 Å². The number of rotatable bonds is 4. The highest BCUT2D eigenvalue weighted by Crippen LogP contribution is 2.30.